The highest BCUT2D eigenvalue weighted by molar-refractivity contribution is 6.42. The molecule has 1 unspecified atom stereocenters. The maximum absolute atomic E-state index is 12.8. The third-order valence-corrected chi connectivity index (χ3v) is 5.48. The Balaban J connectivity index is 1.80. The number of nitro groups is 1. The fraction of sp³-hybridized carbons (Fsp3) is 0.263. The number of amides is 2. The number of likely N-dealkylation sites (tertiary alicyclic amines) is 1. The van der Waals surface area contributed by atoms with E-state index >= 15 is 0 Å². The van der Waals surface area contributed by atoms with Crippen LogP contribution in [0.3, 0.4) is 0 Å². The molecular formula is C19H17Cl2N3O4. The number of nitro benzene ring substituents is 1. The maximum atomic E-state index is 12.8. The van der Waals surface area contributed by atoms with Crippen LogP contribution in [0.2, 0.25) is 10.0 Å². The van der Waals surface area contributed by atoms with Gasteiger partial charge in [0.1, 0.15) is 6.04 Å². The summed E-state index contributed by atoms with van der Waals surface area (Å²) in [6.07, 6.45) is 1.19. The molecule has 2 aromatic rings. The molecule has 1 aliphatic rings. The van der Waals surface area contributed by atoms with E-state index in [0.717, 1.165) is 0 Å². The molecule has 2 amide bonds. The smallest absolute Gasteiger partial charge is 0.274 e. The Morgan fingerprint density at radius 3 is 2.64 bits per heavy atom. The van der Waals surface area contributed by atoms with Crippen LogP contribution in [0.4, 0.5) is 11.4 Å². The number of anilines is 1. The van der Waals surface area contributed by atoms with E-state index < -0.39 is 11.0 Å². The van der Waals surface area contributed by atoms with E-state index in [1.165, 1.54) is 29.2 Å². The van der Waals surface area contributed by atoms with Crippen molar-refractivity contribution in [2.24, 2.45) is 0 Å². The van der Waals surface area contributed by atoms with Crippen molar-refractivity contribution in [2.75, 3.05) is 11.9 Å². The molecule has 3 rings (SSSR count). The van der Waals surface area contributed by atoms with Crippen molar-refractivity contribution in [3.63, 3.8) is 0 Å². The van der Waals surface area contributed by atoms with E-state index in [4.69, 9.17) is 23.2 Å². The monoisotopic (exact) mass is 421 g/mol. The fourth-order valence-corrected chi connectivity index (χ4v) is 3.55. The molecule has 28 heavy (non-hydrogen) atoms. The third-order valence-electron chi connectivity index (χ3n) is 4.74. The van der Waals surface area contributed by atoms with E-state index in [0.29, 0.717) is 41.2 Å². The summed E-state index contributed by atoms with van der Waals surface area (Å²) in [6, 6.07) is 8.39. The second-order valence-corrected chi connectivity index (χ2v) is 7.30. The highest BCUT2D eigenvalue weighted by Gasteiger charge is 2.35. The first kappa shape index (κ1) is 20.1. The van der Waals surface area contributed by atoms with Gasteiger partial charge in [-0.1, -0.05) is 29.3 Å². The number of hydrogen-bond acceptors (Lipinski definition) is 4. The Labute approximate surface area is 171 Å². The van der Waals surface area contributed by atoms with Gasteiger partial charge in [0.25, 0.3) is 11.6 Å². The summed E-state index contributed by atoms with van der Waals surface area (Å²) < 4.78 is 0. The summed E-state index contributed by atoms with van der Waals surface area (Å²) in [5, 5.41) is 14.4. The number of halogens is 2. The summed E-state index contributed by atoms with van der Waals surface area (Å²) >= 11 is 11.9. The van der Waals surface area contributed by atoms with Crippen LogP contribution in [0.5, 0.6) is 0 Å². The van der Waals surface area contributed by atoms with Crippen LogP contribution in [0.25, 0.3) is 0 Å². The summed E-state index contributed by atoms with van der Waals surface area (Å²) in [5.41, 5.74) is 0.989. The molecular weight excluding hydrogens is 405 g/mol. The Kier molecular flexibility index (Phi) is 5.86. The zero-order valence-electron chi connectivity index (χ0n) is 14.9. The highest BCUT2D eigenvalue weighted by atomic mass is 35.5. The van der Waals surface area contributed by atoms with Crippen molar-refractivity contribution in [1.82, 2.24) is 4.90 Å². The molecule has 0 aromatic heterocycles. The van der Waals surface area contributed by atoms with Gasteiger partial charge in [0.15, 0.2) is 0 Å². The number of rotatable bonds is 4. The standard InChI is InChI=1S/C19H17Cl2N3O4/c1-11-15(4-2-5-16(11)24(27)28)22-18(25)17-6-3-9-23(17)19(26)12-7-8-13(20)14(21)10-12/h2,4-5,7-8,10,17H,3,6,9H2,1H3,(H,22,25). The fourth-order valence-electron chi connectivity index (χ4n) is 3.25. The molecule has 7 nitrogen and oxygen atoms in total. The van der Waals surface area contributed by atoms with Crippen LogP contribution in [0.15, 0.2) is 36.4 Å². The SMILES string of the molecule is Cc1c(NC(=O)C2CCCN2C(=O)c2ccc(Cl)c(Cl)c2)cccc1[N+](=O)[O-]. The molecule has 1 N–H and O–H groups in total. The van der Waals surface area contributed by atoms with Crippen molar-refractivity contribution >= 4 is 46.4 Å². The molecule has 0 saturated carbocycles. The lowest BCUT2D eigenvalue weighted by Crippen LogP contribution is -2.43. The number of hydrogen-bond donors (Lipinski definition) is 1. The van der Waals surface area contributed by atoms with Gasteiger partial charge in [-0.3, -0.25) is 19.7 Å². The maximum Gasteiger partial charge on any atom is 0.274 e. The molecule has 0 aliphatic carbocycles. The predicted molar refractivity (Wildman–Crippen MR) is 107 cm³/mol. The lowest BCUT2D eigenvalue weighted by Gasteiger charge is -2.24. The minimum Gasteiger partial charge on any atom is -0.327 e. The second kappa shape index (κ2) is 8.16. The minimum atomic E-state index is -0.666. The van der Waals surface area contributed by atoms with Gasteiger partial charge in [-0.05, 0) is 44.0 Å². The van der Waals surface area contributed by atoms with E-state index in [2.05, 4.69) is 5.32 Å². The van der Waals surface area contributed by atoms with Gasteiger partial charge in [-0.25, -0.2) is 0 Å². The zero-order valence-corrected chi connectivity index (χ0v) is 16.5. The molecule has 1 saturated heterocycles. The van der Waals surface area contributed by atoms with Gasteiger partial charge >= 0.3 is 0 Å². The Bertz CT molecular complexity index is 964. The quantitative estimate of drug-likeness (QED) is 0.582. The number of carbonyl (C=O) groups excluding carboxylic acids is 2. The molecule has 2 aromatic carbocycles. The van der Waals surface area contributed by atoms with E-state index in [-0.39, 0.29) is 22.5 Å². The molecule has 146 valence electrons. The predicted octanol–water partition coefficient (Wildman–Crippen LogP) is 4.45. The van der Waals surface area contributed by atoms with Gasteiger partial charge in [0, 0.05) is 18.2 Å². The second-order valence-electron chi connectivity index (χ2n) is 6.48. The average Bonchev–Trinajstić information content (AvgIpc) is 3.14. The Morgan fingerprint density at radius 1 is 1.21 bits per heavy atom. The topological polar surface area (TPSA) is 92.6 Å². The van der Waals surface area contributed by atoms with Gasteiger partial charge in [-0.2, -0.15) is 0 Å². The van der Waals surface area contributed by atoms with Crippen molar-refractivity contribution < 1.29 is 14.5 Å². The van der Waals surface area contributed by atoms with Gasteiger partial charge in [0.05, 0.1) is 26.2 Å². The van der Waals surface area contributed by atoms with Crippen molar-refractivity contribution in [3.8, 4) is 0 Å². The summed E-state index contributed by atoms with van der Waals surface area (Å²) in [5.74, 6) is -0.693. The van der Waals surface area contributed by atoms with Crippen LogP contribution in [0.1, 0.15) is 28.8 Å². The summed E-state index contributed by atoms with van der Waals surface area (Å²) in [7, 11) is 0. The largest absolute Gasteiger partial charge is 0.327 e. The molecule has 1 fully saturated rings. The number of benzene rings is 2. The normalized spacial score (nSPS) is 16.1. The van der Waals surface area contributed by atoms with Gasteiger partial charge < -0.3 is 10.2 Å². The van der Waals surface area contributed by atoms with Crippen LogP contribution < -0.4 is 5.32 Å². The van der Waals surface area contributed by atoms with E-state index in [1.807, 2.05) is 0 Å². The first-order valence-corrected chi connectivity index (χ1v) is 9.36. The van der Waals surface area contributed by atoms with Crippen LogP contribution in [-0.2, 0) is 4.79 Å². The van der Waals surface area contributed by atoms with Crippen LogP contribution in [-0.4, -0.2) is 34.2 Å². The first-order valence-electron chi connectivity index (χ1n) is 8.60. The number of nitrogens with one attached hydrogen (secondary N) is 1. The van der Waals surface area contributed by atoms with Gasteiger partial charge in [-0.15, -0.1) is 0 Å². The zero-order chi connectivity index (χ0) is 20.4. The lowest BCUT2D eigenvalue weighted by atomic mass is 10.1. The van der Waals surface area contributed by atoms with Crippen LogP contribution in [0, 0.1) is 17.0 Å². The van der Waals surface area contributed by atoms with E-state index in [9.17, 15) is 19.7 Å². The molecule has 1 heterocycles. The average molecular weight is 422 g/mol. The lowest BCUT2D eigenvalue weighted by molar-refractivity contribution is -0.385. The van der Waals surface area contributed by atoms with Gasteiger partial charge in [0.2, 0.25) is 5.91 Å². The highest BCUT2D eigenvalue weighted by Crippen LogP contribution is 2.28. The molecule has 1 atom stereocenters. The Hall–Kier alpha value is -2.64. The van der Waals surface area contributed by atoms with Crippen molar-refractivity contribution in [1.29, 1.82) is 0 Å². The van der Waals surface area contributed by atoms with Crippen molar-refractivity contribution in [2.45, 2.75) is 25.8 Å². The molecule has 1 aliphatic heterocycles. The first-order chi connectivity index (χ1) is 13.3. The van der Waals surface area contributed by atoms with Crippen molar-refractivity contribution in [3.05, 3.63) is 67.7 Å². The van der Waals surface area contributed by atoms with Crippen LogP contribution >= 0.6 is 23.2 Å². The summed E-state index contributed by atoms with van der Waals surface area (Å²) in [6.45, 7) is 2.01. The molecule has 9 heteroatoms. The number of nitrogens with zero attached hydrogens (tertiary/aromatic N) is 2. The molecule has 0 spiro atoms. The summed E-state index contributed by atoms with van der Waals surface area (Å²) in [4.78, 5) is 37.7. The number of carbonyl (C=O) groups is 2. The van der Waals surface area contributed by atoms with E-state index in [1.54, 1.807) is 19.1 Å². The molecule has 0 radical (unpaired) electrons. The third kappa shape index (κ3) is 3.95. The molecule has 0 bridgehead atoms. The minimum absolute atomic E-state index is 0.0760. The Morgan fingerprint density at radius 2 is 1.96 bits per heavy atom.